The predicted octanol–water partition coefficient (Wildman–Crippen LogP) is 0.492. The van der Waals surface area contributed by atoms with Crippen molar-refractivity contribution in [3.05, 3.63) is 0 Å². The number of rotatable bonds is 5. The van der Waals surface area contributed by atoms with Crippen molar-refractivity contribution in [3.8, 4) is 0 Å². The molecule has 0 saturated carbocycles. The molecule has 1 aliphatic rings. The molecule has 0 aromatic carbocycles. The summed E-state index contributed by atoms with van der Waals surface area (Å²) in [5.74, 6) is 0. The van der Waals surface area contributed by atoms with Crippen LogP contribution < -0.4 is 11.1 Å². The zero-order valence-corrected chi connectivity index (χ0v) is 7.88. The highest BCUT2D eigenvalue weighted by molar-refractivity contribution is 4.78. The van der Waals surface area contributed by atoms with E-state index in [1.807, 2.05) is 0 Å². The monoisotopic (exact) mass is 172 g/mol. The predicted molar refractivity (Wildman–Crippen MR) is 50.1 cm³/mol. The molecule has 0 aromatic heterocycles. The van der Waals surface area contributed by atoms with Crippen molar-refractivity contribution in [2.75, 3.05) is 19.7 Å². The van der Waals surface area contributed by atoms with Crippen molar-refractivity contribution in [2.45, 2.75) is 38.3 Å². The fourth-order valence-corrected chi connectivity index (χ4v) is 1.56. The summed E-state index contributed by atoms with van der Waals surface area (Å²) in [6, 6.07) is 0.572. The summed E-state index contributed by atoms with van der Waals surface area (Å²) < 4.78 is 5.44. The smallest absolute Gasteiger partial charge is 0.0700 e. The molecule has 1 saturated heterocycles. The molecule has 1 heterocycles. The van der Waals surface area contributed by atoms with Crippen LogP contribution in [0.5, 0.6) is 0 Å². The van der Waals surface area contributed by atoms with Crippen LogP contribution in [0.4, 0.5) is 0 Å². The Morgan fingerprint density at radius 3 is 2.92 bits per heavy atom. The number of hydrogen-bond donors (Lipinski definition) is 2. The number of unbranched alkanes of at least 4 members (excludes halogenated alkanes) is 1. The van der Waals surface area contributed by atoms with Gasteiger partial charge in [-0.15, -0.1) is 0 Å². The van der Waals surface area contributed by atoms with Crippen molar-refractivity contribution in [2.24, 2.45) is 5.73 Å². The maximum absolute atomic E-state index is 5.44. The molecule has 3 nitrogen and oxygen atoms in total. The van der Waals surface area contributed by atoms with E-state index in [1.165, 1.54) is 6.42 Å². The molecule has 0 radical (unpaired) electrons. The largest absolute Gasteiger partial charge is 0.377 e. The zero-order valence-electron chi connectivity index (χ0n) is 7.88. The second-order valence-corrected chi connectivity index (χ2v) is 3.42. The minimum atomic E-state index is 0.392. The molecule has 2 unspecified atom stereocenters. The number of nitrogens with one attached hydrogen (secondary N) is 1. The van der Waals surface area contributed by atoms with E-state index in [0.29, 0.717) is 12.1 Å². The van der Waals surface area contributed by atoms with Gasteiger partial charge in [0.25, 0.3) is 0 Å². The third-order valence-corrected chi connectivity index (χ3v) is 2.41. The van der Waals surface area contributed by atoms with Crippen LogP contribution in [0.3, 0.4) is 0 Å². The summed E-state index contributed by atoms with van der Waals surface area (Å²) >= 11 is 0. The van der Waals surface area contributed by atoms with E-state index in [9.17, 15) is 0 Å². The number of hydrogen-bond acceptors (Lipinski definition) is 3. The Morgan fingerprint density at radius 2 is 2.33 bits per heavy atom. The van der Waals surface area contributed by atoms with Gasteiger partial charge in [-0.25, -0.2) is 0 Å². The van der Waals surface area contributed by atoms with E-state index in [4.69, 9.17) is 10.5 Å². The van der Waals surface area contributed by atoms with Crippen molar-refractivity contribution in [1.82, 2.24) is 5.32 Å². The molecular weight excluding hydrogens is 152 g/mol. The second kappa shape index (κ2) is 5.51. The normalized spacial score (nSPS) is 29.5. The highest BCUT2D eigenvalue weighted by atomic mass is 16.5. The standard InChI is InChI=1S/C9H20N2O/c1-8-9(4-7-12-8)11-6-3-2-5-10/h8-9,11H,2-7,10H2,1H3. The van der Waals surface area contributed by atoms with E-state index in [1.54, 1.807) is 0 Å². The Labute approximate surface area is 74.7 Å². The Kier molecular flexibility index (Phi) is 4.58. The Hall–Kier alpha value is -0.120. The Morgan fingerprint density at radius 1 is 1.50 bits per heavy atom. The summed E-state index contributed by atoms with van der Waals surface area (Å²) in [6.07, 6.45) is 3.85. The molecule has 3 N–H and O–H groups in total. The molecule has 12 heavy (non-hydrogen) atoms. The quantitative estimate of drug-likeness (QED) is 0.593. The van der Waals surface area contributed by atoms with E-state index in [0.717, 1.165) is 32.5 Å². The molecule has 3 heteroatoms. The van der Waals surface area contributed by atoms with Crippen LogP contribution in [-0.4, -0.2) is 31.8 Å². The summed E-state index contributed by atoms with van der Waals surface area (Å²) in [6.45, 7) is 4.93. The minimum Gasteiger partial charge on any atom is -0.377 e. The van der Waals surface area contributed by atoms with Crippen LogP contribution in [0, 0.1) is 0 Å². The van der Waals surface area contributed by atoms with E-state index >= 15 is 0 Å². The Bertz CT molecular complexity index is 119. The van der Waals surface area contributed by atoms with Gasteiger partial charge >= 0.3 is 0 Å². The average molecular weight is 172 g/mol. The lowest BCUT2D eigenvalue weighted by molar-refractivity contribution is 0.113. The minimum absolute atomic E-state index is 0.392. The highest BCUT2D eigenvalue weighted by Gasteiger charge is 2.22. The molecule has 72 valence electrons. The summed E-state index contributed by atoms with van der Waals surface area (Å²) in [7, 11) is 0. The van der Waals surface area contributed by atoms with E-state index < -0.39 is 0 Å². The van der Waals surface area contributed by atoms with Crippen LogP contribution in [0.1, 0.15) is 26.2 Å². The lowest BCUT2D eigenvalue weighted by atomic mass is 10.1. The van der Waals surface area contributed by atoms with Crippen molar-refractivity contribution in [1.29, 1.82) is 0 Å². The zero-order chi connectivity index (χ0) is 8.81. The van der Waals surface area contributed by atoms with Gasteiger partial charge in [-0.05, 0) is 39.3 Å². The molecule has 2 atom stereocenters. The molecule has 0 amide bonds. The topological polar surface area (TPSA) is 47.3 Å². The van der Waals surface area contributed by atoms with Gasteiger partial charge in [-0.1, -0.05) is 0 Å². The van der Waals surface area contributed by atoms with Gasteiger partial charge in [0.05, 0.1) is 6.10 Å². The fraction of sp³-hybridized carbons (Fsp3) is 1.00. The molecule has 0 aliphatic carbocycles. The second-order valence-electron chi connectivity index (χ2n) is 3.42. The van der Waals surface area contributed by atoms with Crippen LogP contribution >= 0.6 is 0 Å². The molecule has 1 aliphatic heterocycles. The summed E-state index contributed by atoms with van der Waals surface area (Å²) in [5.41, 5.74) is 5.40. The first-order valence-corrected chi connectivity index (χ1v) is 4.89. The van der Waals surface area contributed by atoms with Crippen LogP contribution in [0.25, 0.3) is 0 Å². The third-order valence-electron chi connectivity index (χ3n) is 2.41. The summed E-state index contributed by atoms with van der Waals surface area (Å²) in [5, 5.41) is 3.49. The SMILES string of the molecule is CC1OCCC1NCCCCN. The van der Waals surface area contributed by atoms with Gasteiger partial charge < -0.3 is 15.8 Å². The van der Waals surface area contributed by atoms with Crippen LogP contribution in [0.15, 0.2) is 0 Å². The van der Waals surface area contributed by atoms with Crippen LogP contribution in [-0.2, 0) is 4.74 Å². The van der Waals surface area contributed by atoms with Gasteiger partial charge in [-0.2, -0.15) is 0 Å². The van der Waals surface area contributed by atoms with Gasteiger partial charge in [0.15, 0.2) is 0 Å². The third kappa shape index (κ3) is 3.09. The van der Waals surface area contributed by atoms with Gasteiger partial charge in [0.1, 0.15) is 0 Å². The lowest BCUT2D eigenvalue weighted by Crippen LogP contribution is -2.35. The number of ether oxygens (including phenoxy) is 1. The molecule has 1 fully saturated rings. The lowest BCUT2D eigenvalue weighted by Gasteiger charge is -2.15. The van der Waals surface area contributed by atoms with Gasteiger partial charge in [0, 0.05) is 12.6 Å². The van der Waals surface area contributed by atoms with E-state index in [-0.39, 0.29) is 0 Å². The van der Waals surface area contributed by atoms with Crippen molar-refractivity contribution < 1.29 is 4.74 Å². The molecule has 0 bridgehead atoms. The maximum Gasteiger partial charge on any atom is 0.0700 e. The van der Waals surface area contributed by atoms with Crippen LogP contribution in [0.2, 0.25) is 0 Å². The average Bonchev–Trinajstić information content (AvgIpc) is 2.46. The fourth-order valence-electron chi connectivity index (χ4n) is 1.56. The first-order valence-electron chi connectivity index (χ1n) is 4.89. The van der Waals surface area contributed by atoms with E-state index in [2.05, 4.69) is 12.2 Å². The van der Waals surface area contributed by atoms with Gasteiger partial charge in [0.2, 0.25) is 0 Å². The number of nitrogens with two attached hydrogens (primary N) is 1. The molecule has 0 aromatic rings. The first kappa shape index (κ1) is 9.96. The van der Waals surface area contributed by atoms with Crippen molar-refractivity contribution in [3.63, 3.8) is 0 Å². The highest BCUT2D eigenvalue weighted by Crippen LogP contribution is 2.12. The van der Waals surface area contributed by atoms with Crippen molar-refractivity contribution >= 4 is 0 Å². The molecular formula is C9H20N2O. The van der Waals surface area contributed by atoms with Gasteiger partial charge in [-0.3, -0.25) is 0 Å². The summed E-state index contributed by atoms with van der Waals surface area (Å²) in [4.78, 5) is 0. The molecule has 0 spiro atoms. The first-order chi connectivity index (χ1) is 5.84. The maximum atomic E-state index is 5.44. The molecule has 1 rings (SSSR count). The Balaban J connectivity index is 1.98.